The Morgan fingerprint density at radius 3 is 2.78 bits per heavy atom. The van der Waals surface area contributed by atoms with Crippen molar-refractivity contribution >= 4 is 11.9 Å². The van der Waals surface area contributed by atoms with Gasteiger partial charge in [-0.1, -0.05) is 0 Å². The number of carbonyl (C=O) groups is 1. The van der Waals surface area contributed by atoms with Gasteiger partial charge < -0.3 is 20.4 Å². The van der Waals surface area contributed by atoms with Crippen molar-refractivity contribution in [3.8, 4) is 0 Å². The second-order valence-corrected chi connectivity index (χ2v) is 7.86. The quantitative estimate of drug-likeness (QED) is 0.596. The number of hydrogen-bond donors (Lipinski definition) is 2. The summed E-state index contributed by atoms with van der Waals surface area (Å²) < 4.78 is 0. The number of carbonyl (C=O) groups excluding carboxylic acids is 1. The minimum absolute atomic E-state index is 0.0268. The van der Waals surface area contributed by atoms with Crippen molar-refractivity contribution in [3.63, 3.8) is 0 Å². The van der Waals surface area contributed by atoms with Crippen LogP contribution in [0, 0.1) is 5.41 Å². The van der Waals surface area contributed by atoms with Crippen LogP contribution in [0.4, 0.5) is 0 Å². The zero-order valence-corrected chi connectivity index (χ0v) is 15.4. The Kier molecular flexibility index (Phi) is 5.55. The largest absolute Gasteiger partial charge is 0.357 e. The molecule has 2 rings (SSSR count). The lowest BCUT2D eigenvalue weighted by Crippen LogP contribution is -2.52. The monoisotopic (exact) mass is 323 g/mol. The van der Waals surface area contributed by atoms with E-state index in [-0.39, 0.29) is 16.9 Å². The van der Waals surface area contributed by atoms with Gasteiger partial charge in [0.15, 0.2) is 5.96 Å². The highest BCUT2D eigenvalue weighted by atomic mass is 16.1. The summed E-state index contributed by atoms with van der Waals surface area (Å²) >= 11 is 0. The van der Waals surface area contributed by atoms with Crippen molar-refractivity contribution in [2.24, 2.45) is 10.4 Å². The van der Waals surface area contributed by atoms with E-state index in [1.165, 1.54) is 0 Å². The van der Waals surface area contributed by atoms with Crippen LogP contribution < -0.4 is 10.6 Å². The molecule has 6 nitrogen and oxygen atoms in total. The number of piperidine rings is 1. The van der Waals surface area contributed by atoms with Crippen molar-refractivity contribution in [3.05, 3.63) is 0 Å². The molecular formula is C17H33N5O. The van der Waals surface area contributed by atoms with Gasteiger partial charge in [0.1, 0.15) is 0 Å². The standard InChI is InChI=1S/C17H33N5O/c1-6-18-15(20-11-16(2,3)21(4)5)22-9-7-8-17(13-22)10-14(23)19-12-17/h6-13H2,1-5H3,(H,18,20)(H,19,23). The van der Waals surface area contributed by atoms with Gasteiger partial charge >= 0.3 is 0 Å². The maximum Gasteiger partial charge on any atom is 0.220 e. The molecule has 23 heavy (non-hydrogen) atoms. The average Bonchev–Trinajstić information content (AvgIpc) is 2.83. The maximum atomic E-state index is 11.7. The van der Waals surface area contributed by atoms with E-state index in [0.717, 1.165) is 51.5 Å². The van der Waals surface area contributed by atoms with Crippen LogP contribution in [-0.4, -0.2) is 74.0 Å². The molecule has 2 heterocycles. The van der Waals surface area contributed by atoms with Gasteiger partial charge in [0, 0.05) is 43.6 Å². The molecule has 1 atom stereocenters. The molecule has 132 valence electrons. The highest BCUT2D eigenvalue weighted by molar-refractivity contribution is 5.81. The molecule has 1 amide bonds. The molecule has 2 aliphatic heterocycles. The van der Waals surface area contributed by atoms with Gasteiger partial charge in [0.05, 0.1) is 6.54 Å². The van der Waals surface area contributed by atoms with Crippen LogP contribution in [-0.2, 0) is 4.79 Å². The molecule has 2 fully saturated rings. The summed E-state index contributed by atoms with van der Waals surface area (Å²) in [5.74, 6) is 1.18. The lowest BCUT2D eigenvalue weighted by atomic mass is 9.79. The van der Waals surface area contributed by atoms with Gasteiger partial charge in [-0.2, -0.15) is 0 Å². The van der Waals surface area contributed by atoms with Crippen molar-refractivity contribution in [1.29, 1.82) is 0 Å². The number of rotatable bonds is 4. The first-order valence-corrected chi connectivity index (χ1v) is 8.75. The Bertz CT molecular complexity index is 460. The number of hydrogen-bond acceptors (Lipinski definition) is 3. The Morgan fingerprint density at radius 1 is 1.48 bits per heavy atom. The molecule has 0 bridgehead atoms. The van der Waals surface area contributed by atoms with Crippen LogP contribution in [0.25, 0.3) is 0 Å². The molecule has 6 heteroatoms. The number of aliphatic imine (C=N–C) groups is 1. The Morgan fingerprint density at radius 2 is 2.22 bits per heavy atom. The van der Waals surface area contributed by atoms with Gasteiger partial charge in [-0.05, 0) is 47.7 Å². The van der Waals surface area contributed by atoms with E-state index < -0.39 is 0 Å². The fourth-order valence-corrected chi connectivity index (χ4v) is 3.26. The third-order valence-corrected chi connectivity index (χ3v) is 5.32. The molecule has 0 aliphatic carbocycles. The predicted octanol–water partition coefficient (Wildman–Crippen LogP) is 0.894. The Balaban J connectivity index is 2.09. The second-order valence-electron chi connectivity index (χ2n) is 7.86. The summed E-state index contributed by atoms with van der Waals surface area (Å²) in [7, 11) is 4.18. The summed E-state index contributed by atoms with van der Waals surface area (Å²) in [4.78, 5) is 21.1. The van der Waals surface area contributed by atoms with Gasteiger partial charge in [-0.3, -0.25) is 9.79 Å². The minimum Gasteiger partial charge on any atom is -0.357 e. The fourth-order valence-electron chi connectivity index (χ4n) is 3.26. The van der Waals surface area contributed by atoms with Gasteiger partial charge in [0.2, 0.25) is 5.91 Å². The molecule has 1 spiro atoms. The predicted molar refractivity (Wildman–Crippen MR) is 94.6 cm³/mol. The summed E-state index contributed by atoms with van der Waals surface area (Å²) in [6.45, 7) is 10.9. The number of likely N-dealkylation sites (N-methyl/N-ethyl adjacent to an activating group) is 1. The molecule has 2 saturated heterocycles. The van der Waals surface area contributed by atoms with Crippen LogP contribution in [0.1, 0.15) is 40.0 Å². The van der Waals surface area contributed by atoms with Gasteiger partial charge in [-0.15, -0.1) is 0 Å². The minimum atomic E-state index is 0.0268. The van der Waals surface area contributed by atoms with E-state index in [1.807, 2.05) is 0 Å². The van der Waals surface area contributed by atoms with E-state index in [9.17, 15) is 4.79 Å². The molecule has 2 N–H and O–H groups in total. The summed E-state index contributed by atoms with van der Waals surface area (Å²) in [5, 5.41) is 6.44. The molecule has 0 aromatic heterocycles. The van der Waals surface area contributed by atoms with Gasteiger partial charge in [-0.25, -0.2) is 0 Å². The number of likely N-dealkylation sites (tertiary alicyclic amines) is 1. The second kappa shape index (κ2) is 7.07. The van der Waals surface area contributed by atoms with Crippen LogP contribution in [0.2, 0.25) is 0 Å². The van der Waals surface area contributed by atoms with Crippen LogP contribution in [0.15, 0.2) is 4.99 Å². The lowest BCUT2D eigenvalue weighted by Gasteiger charge is -2.41. The third-order valence-electron chi connectivity index (χ3n) is 5.32. The highest BCUT2D eigenvalue weighted by Crippen LogP contribution is 2.36. The smallest absolute Gasteiger partial charge is 0.220 e. The van der Waals surface area contributed by atoms with E-state index in [2.05, 4.69) is 55.3 Å². The van der Waals surface area contributed by atoms with E-state index in [0.29, 0.717) is 6.42 Å². The molecule has 0 radical (unpaired) electrons. The first kappa shape index (κ1) is 18.0. The van der Waals surface area contributed by atoms with Crippen molar-refractivity contribution in [2.45, 2.75) is 45.6 Å². The van der Waals surface area contributed by atoms with E-state index in [1.54, 1.807) is 0 Å². The van der Waals surface area contributed by atoms with Crippen LogP contribution in [0.3, 0.4) is 0 Å². The van der Waals surface area contributed by atoms with Crippen molar-refractivity contribution in [1.82, 2.24) is 20.4 Å². The molecular weight excluding hydrogens is 290 g/mol. The fraction of sp³-hybridized carbons (Fsp3) is 0.882. The first-order chi connectivity index (χ1) is 10.8. The molecule has 0 saturated carbocycles. The molecule has 1 unspecified atom stereocenters. The molecule has 2 aliphatic rings. The molecule has 0 aromatic carbocycles. The van der Waals surface area contributed by atoms with Crippen LogP contribution in [0.5, 0.6) is 0 Å². The lowest BCUT2D eigenvalue weighted by molar-refractivity contribution is -0.119. The topological polar surface area (TPSA) is 60.0 Å². The van der Waals surface area contributed by atoms with E-state index in [4.69, 9.17) is 4.99 Å². The normalized spacial score (nSPS) is 26.1. The van der Waals surface area contributed by atoms with Crippen molar-refractivity contribution < 1.29 is 4.79 Å². The van der Waals surface area contributed by atoms with E-state index >= 15 is 0 Å². The highest BCUT2D eigenvalue weighted by Gasteiger charge is 2.42. The third kappa shape index (κ3) is 4.37. The van der Waals surface area contributed by atoms with Gasteiger partial charge in [0.25, 0.3) is 0 Å². The summed E-state index contributed by atoms with van der Waals surface area (Å²) in [6, 6.07) is 0. The zero-order chi connectivity index (χ0) is 17.1. The van der Waals surface area contributed by atoms with Crippen LogP contribution >= 0.6 is 0 Å². The first-order valence-electron chi connectivity index (χ1n) is 8.75. The average molecular weight is 323 g/mol. The maximum absolute atomic E-state index is 11.7. The Hall–Kier alpha value is -1.30. The van der Waals surface area contributed by atoms with Crippen molar-refractivity contribution in [2.75, 3.05) is 46.8 Å². The zero-order valence-electron chi connectivity index (χ0n) is 15.4. The number of amides is 1. The number of guanidine groups is 1. The number of nitrogens with one attached hydrogen (secondary N) is 2. The number of nitrogens with zero attached hydrogens (tertiary/aromatic N) is 3. The molecule has 0 aromatic rings. The SMILES string of the molecule is CCNC(=NCC(C)(C)N(C)C)N1CCCC2(CNC(=O)C2)C1. The summed E-state index contributed by atoms with van der Waals surface area (Å²) in [5.41, 5.74) is 0.127. The summed E-state index contributed by atoms with van der Waals surface area (Å²) in [6.07, 6.45) is 2.91. The Labute approximate surface area is 140 Å².